The minimum atomic E-state index is 0.669. The second-order valence-electron chi connectivity index (χ2n) is 5.01. The molecule has 1 aliphatic heterocycles. The number of amidine groups is 1. The van der Waals surface area contributed by atoms with Crippen molar-refractivity contribution in [3.05, 3.63) is 30.1 Å². The summed E-state index contributed by atoms with van der Waals surface area (Å²) >= 11 is 1.89. The standard InChI is InChI=1S/C14H21N3S/c1-11(2)9-13-10-17-14(18-13)16-8-6-12-5-3-4-7-15-12/h3-5,7,11,13H,6,8-10H2,1-2H3,(H,16,17). The number of aromatic nitrogens is 1. The number of hydrogen-bond acceptors (Lipinski definition) is 4. The van der Waals surface area contributed by atoms with E-state index in [0.29, 0.717) is 5.25 Å². The minimum Gasteiger partial charge on any atom is -0.365 e. The fraction of sp³-hybridized carbons (Fsp3) is 0.571. The van der Waals surface area contributed by atoms with Crippen molar-refractivity contribution in [3.63, 3.8) is 0 Å². The Kier molecular flexibility index (Phi) is 5.05. The van der Waals surface area contributed by atoms with Crippen LogP contribution in [0.4, 0.5) is 0 Å². The normalized spacial score (nSPS) is 19.1. The van der Waals surface area contributed by atoms with E-state index in [1.807, 2.05) is 30.1 Å². The lowest BCUT2D eigenvalue weighted by molar-refractivity contribution is 0.575. The summed E-state index contributed by atoms with van der Waals surface area (Å²) in [5.41, 5.74) is 1.13. The quantitative estimate of drug-likeness (QED) is 0.887. The van der Waals surface area contributed by atoms with Gasteiger partial charge in [-0.3, -0.25) is 9.98 Å². The highest BCUT2D eigenvalue weighted by molar-refractivity contribution is 8.14. The zero-order chi connectivity index (χ0) is 12.8. The van der Waals surface area contributed by atoms with Gasteiger partial charge in [0.1, 0.15) is 0 Å². The van der Waals surface area contributed by atoms with Crippen LogP contribution in [0.1, 0.15) is 26.0 Å². The van der Waals surface area contributed by atoms with E-state index < -0.39 is 0 Å². The monoisotopic (exact) mass is 263 g/mol. The van der Waals surface area contributed by atoms with E-state index in [2.05, 4.69) is 35.2 Å². The number of thioether (sulfide) groups is 1. The van der Waals surface area contributed by atoms with E-state index in [9.17, 15) is 0 Å². The van der Waals surface area contributed by atoms with Gasteiger partial charge in [0.05, 0.1) is 6.54 Å². The second-order valence-corrected chi connectivity index (χ2v) is 6.30. The lowest BCUT2D eigenvalue weighted by Crippen LogP contribution is -2.22. The topological polar surface area (TPSA) is 37.3 Å². The fourth-order valence-corrected chi connectivity index (χ4v) is 3.29. The molecule has 2 rings (SSSR count). The van der Waals surface area contributed by atoms with Gasteiger partial charge in [-0.2, -0.15) is 0 Å². The van der Waals surface area contributed by atoms with E-state index in [1.54, 1.807) is 0 Å². The molecule has 2 heterocycles. The molecule has 1 N–H and O–H groups in total. The molecule has 1 unspecified atom stereocenters. The molecule has 1 atom stereocenters. The molecule has 0 radical (unpaired) electrons. The highest BCUT2D eigenvalue weighted by Gasteiger charge is 2.19. The Labute approximate surface area is 113 Å². The molecule has 3 nitrogen and oxygen atoms in total. The summed E-state index contributed by atoms with van der Waals surface area (Å²) < 4.78 is 0. The first-order valence-electron chi connectivity index (χ1n) is 6.59. The van der Waals surface area contributed by atoms with Gasteiger partial charge in [-0.1, -0.05) is 31.7 Å². The molecule has 0 spiro atoms. The van der Waals surface area contributed by atoms with Crippen LogP contribution in [-0.4, -0.2) is 28.5 Å². The molecule has 0 aromatic carbocycles. The Morgan fingerprint density at radius 1 is 1.44 bits per heavy atom. The summed E-state index contributed by atoms with van der Waals surface area (Å²) in [5.74, 6) is 0.755. The first-order chi connectivity index (χ1) is 8.74. The average Bonchev–Trinajstić information content (AvgIpc) is 2.77. The van der Waals surface area contributed by atoms with Crippen molar-refractivity contribution in [2.24, 2.45) is 10.9 Å². The van der Waals surface area contributed by atoms with Crippen molar-refractivity contribution in [3.8, 4) is 0 Å². The van der Waals surface area contributed by atoms with Gasteiger partial charge in [-0.05, 0) is 24.5 Å². The van der Waals surface area contributed by atoms with Crippen molar-refractivity contribution in [1.82, 2.24) is 10.3 Å². The smallest absolute Gasteiger partial charge is 0.156 e. The van der Waals surface area contributed by atoms with Crippen molar-refractivity contribution >= 4 is 16.9 Å². The zero-order valence-electron chi connectivity index (χ0n) is 11.1. The predicted octanol–water partition coefficient (Wildman–Crippen LogP) is 2.73. The van der Waals surface area contributed by atoms with E-state index >= 15 is 0 Å². The van der Waals surface area contributed by atoms with Crippen LogP contribution in [0.3, 0.4) is 0 Å². The summed E-state index contributed by atoms with van der Waals surface area (Å²) in [6, 6.07) is 6.04. The van der Waals surface area contributed by atoms with Crippen LogP contribution in [-0.2, 0) is 6.42 Å². The Morgan fingerprint density at radius 2 is 2.33 bits per heavy atom. The number of rotatable bonds is 5. The number of nitrogens with one attached hydrogen (secondary N) is 1. The highest BCUT2D eigenvalue weighted by atomic mass is 32.2. The first kappa shape index (κ1) is 13.4. The van der Waals surface area contributed by atoms with Crippen LogP contribution in [0.15, 0.2) is 29.4 Å². The van der Waals surface area contributed by atoms with Crippen molar-refractivity contribution in [1.29, 1.82) is 0 Å². The van der Waals surface area contributed by atoms with Crippen LogP contribution >= 0.6 is 11.8 Å². The van der Waals surface area contributed by atoms with Gasteiger partial charge in [0, 0.05) is 30.1 Å². The Bertz CT molecular complexity index is 389. The van der Waals surface area contributed by atoms with Gasteiger partial charge in [0.2, 0.25) is 0 Å². The third-order valence-electron chi connectivity index (χ3n) is 2.83. The molecule has 4 heteroatoms. The van der Waals surface area contributed by atoms with Gasteiger partial charge in [0.15, 0.2) is 5.17 Å². The number of nitrogens with zero attached hydrogens (tertiary/aromatic N) is 2. The Morgan fingerprint density at radius 3 is 3.06 bits per heavy atom. The maximum Gasteiger partial charge on any atom is 0.156 e. The molecule has 0 amide bonds. The summed E-state index contributed by atoms with van der Waals surface area (Å²) in [4.78, 5) is 8.86. The van der Waals surface area contributed by atoms with Gasteiger partial charge in [-0.25, -0.2) is 0 Å². The van der Waals surface area contributed by atoms with Gasteiger partial charge in [0.25, 0.3) is 0 Å². The van der Waals surface area contributed by atoms with Crippen LogP contribution in [0.5, 0.6) is 0 Å². The van der Waals surface area contributed by atoms with Crippen LogP contribution in [0.25, 0.3) is 0 Å². The Hall–Kier alpha value is -1.03. The van der Waals surface area contributed by atoms with E-state index in [-0.39, 0.29) is 0 Å². The average molecular weight is 263 g/mol. The summed E-state index contributed by atoms with van der Waals surface area (Å²) in [6.07, 6.45) is 4.05. The largest absolute Gasteiger partial charge is 0.365 e. The van der Waals surface area contributed by atoms with Crippen LogP contribution in [0.2, 0.25) is 0 Å². The summed E-state index contributed by atoms with van der Waals surface area (Å²) in [6.45, 7) is 6.42. The third kappa shape index (κ3) is 4.33. The second kappa shape index (κ2) is 6.78. The third-order valence-corrected chi connectivity index (χ3v) is 4.01. The van der Waals surface area contributed by atoms with Crippen molar-refractivity contribution in [2.75, 3.05) is 13.1 Å². The molecule has 1 aromatic heterocycles. The van der Waals surface area contributed by atoms with E-state index in [1.165, 1.54) is 6.42 Å². The predicted molar refractivity (Wildman–Crippen MR) is 79.1 cm³/mol. The molecule has 98 valence electrons. The van der Waals surface area contributed by atoms with Crippen molar-refractivity contribution < 1.29 is 0 Å². The lowest BCUT2D eigenvalue weighted by atomic mass is 10.1. The lowest BCUT2D eigenvalue weighted by Gasteiger charge is -2.11. The summed E-state index contributed by atoms with van der Waals surface area (Å²) in [7, 11) is 0. The molecule has 0 saturated carbocycles. The summed E-state index contributed by atoms with van der Waals surface area (Å²) in [5, 5.41) is 5.18. The van der Waals surface area contributed by atoms with Gasteiger partial charge >= 0.3 is 0 Å². The van der Waals surface area contributed by atoms with Crippen molar-refractivity contribution in [2.45, 2.75) is 31.9 Å². The van der Waals surface area contributed by atoms with Gasteiger partial charge < -0.3 is 5.32 Å². The van der Waals surface area contributed by atoms with Crippen LogP contribution < -0.4 is 5.32 Å². The number of hydrogen-bond donors (Lipinski definition) is 1. The molecule has 1 aromatic rings. The molecular formula is C14H21N3S. The first-order valence-corrected chi connectivity index (χ1v) is 7.47. The molecule has 0 fully saturated rings. The molecule has 1 aliphatic rings. The maximum absolute atomic E-state index is 4.55. The minimum absolute atomic E-state index is 0.669. The van der Waals surface area contributed by atoms with E-state index in [0.717, 1.165) is 36.3 Å². The SMILES string of the molecule is CC(C)CC1CN=C(NCCc2ccccn2)S1. The van der Waals surface area contributed by atoms with E-state index in [4.69, 9.17) is 0 Å². The molecule has 18 heavy (non-hydrogen) atoms. The number of pyridine rings is 1. The molecular weight excluding hydrogens is 242 g/mol. The molecule has 0 saturated heterocycles. The number of aliphatic imine (C=N–C) groups is 1. The highest BCUT2D eigenvalue weighted by Crippen LogP contribution is 2.25. The zero-order valence-corrected chi connectivity index (χ0v) is 11.9. The maximum atomic E-state index is 4.55. The molecule has 0 bridgehead atoms. The molecule has 0 aliphatic carbocycles. The van der Waals surface area contributed by atoms with Crippen LogP contribution in [0, 0.1) is 5.92 Å². The fourth-order valence-electron chi connectivity index (χ4n) is 2.01. The Balaban J connectivity index is 1.66. The van der Waals surface area contributed by atoms with Gasteiger partial charge in [-0.15, -0.1) is 0 Å².